The fourth-order valence-electron chi connectivity index (χ4n) is 1.49. The Balaban J connectivity index is 2.86. The molecule has 0 heterocycles. The molecule has 19 heavy (non-hydrogen) atoms. The van der Waals surface area contributed by atoms with Crippen LogP contribution in [0.1, 0.15) is 12.5 Å². The van der Waals surface area contributed by atoms with Gasteiger partial charge in [-0.15, -0.1) is 0 Å². The lowest BCUT2D eigenvalue weighted by atomic mass is 10.1. The first-order valence-electron chi connectivity index (χ1n) is 5.95. The van der Waals surface area contributed by atoms with Gasteiger partial charge in [0, 0.05) is 30.9 Å². The van der Waals surface area contributed by atoms with Crippen LogP contribution in [0.3, 0.4) is 0 Å². The Hall–Kier alpha value is -1.82. The van der Waals surface area contributed by atoms with Gasteiger partial charge in [0.1, 0.15) is 10.7 Å². The molecule has 0 aliphatic carbocycles. The van der Waals surface area contributed by atoms with Gasteiger partial charge in [0.25, 0.3) is 0 Å². The van der Waals surface area contributed by atoms with Gasteiger partial charge in [-0.3, -0.25) is 4.79 Å². The number of methoxy groups -OCH3 is 1. The van der Waals surface area contributed by atoms with E-state index >= 15 is 0 Å². The molecular weight excluding hydrogens is 262 g/mol. The normalized spacial score (nSPS) is 9.84. The van der Waals surface area contributed by atoms with Crippen molar-refractivity contribution in [2.75, 3.05) is 32.6 Å². The number of ether oxygens (including phenoxy) is 1. The third-order valence-electron chi connectivity index (χ3n) is 2.82. The molecule has 0 aliphatic heterocycles. The number of nitrogens with zero attached hydrogens (tertiary/aromatic N) is 1. The molecule has 0 aromatic heterocycles. The van der Waals surface area contributed by atoms with Crippen LogP contribution < -0.4 is 15.8 Å². The molecule has 5 nitrogen and oxygen atoms in total. The Morgan fingerprint density at radius 2 is 2.21 bits per heavy atom. The van der Waals surface area contributed by atoms with Crippen molar-refractivity contribution in [3.63, 3.8) is 0 Å². The van der Waals surface area contributed by atoms with Gasteiger partial charge in [0.05, 0.1) is 13.7 Å². The highest BCUT2D eigenvalue weighted by Crippen LogP contribution is 2.22. The Morgan fingerprint density at radius 3 is 2.74 bits per heavy atom. The number of carbonyl (C=O) groups excluding carboxylic acids is 1. The first kappa shape index (κ1) is 15.2. The van der Waals surface area contributed by atoms with Crippen molar-refractivity contribution >= 4 is 28.8 Å². The minimum atomic E-state index is -0.000732. The number of nitrogens with two attached hydrogens (primary N) is 1. The molecule has 0 atom stereocenters. The molecule has 1 aromatic rings. The van der Waals surface area contributed by atoms with Gasteiger partial charge in [-0.25, -0.2) is 0 Å². The number of carbonyl (C=O) groups is 1. The quantitative estimate of drug-likeness (QED) is 0.767. The van der Waals surface area contributed by atoms with E-state index in [0.717, 1.165) is 0 Å². The Bertz CT molecular complexity index is 477. The Morgan fingerprint density at radius 1 is 1.53 bits per heavy atom. The third-order valence-corrected chi connectivity index (χ3v) is 3.04. The SMILES string of the molecule is CCN(C)C(=O)CNc1cc(OC)ccc1C(N)=S. The number of nitrogens with one attached hydrogen (secondary N) is 1. The van der Waals surface area contributed by atoms with Crippen LogP contribution in [0.15, 0.2) is 18.2 Å². The second-order valence-electron chi connectivity index (χ2n) is 4.04. The standard InChI is InChI=1S/C13H19N3O2S/c1-4-16(2)12(17)8-15-11-7-9(18-3)5-6-10(11)13(14)19/h5-7,15H,4,8H2,1-3H3,(H2,14,19). The number of hydrogen-bond acceptors (Lipinski definition) is 4. The van der Waals surface area contributed by atoms with Crippen LogP contribution in [0.25, 0.3) is 0 Å². The van der Waals surface area contributed by atoms with Crippen LogP contribution in [-0.4, -0.2) is 43.0 Å². The van der Waals surface area contributed by atoms with Crippen LogP contribution in [0.4, 0.5) is 5.69 Å². The first-order valence-corrected chi connectivity index (χ1v) is 6.36. The summed E-state index contributed by atoms with van der Waals surface area (Å²) >= 11 is 4.98. The number of amides is 1. The predicted molar refractivity (Wildman–Crippen MR) is 80.7 cm³/mol. The summed E-state index contributed by atoms with van der Waals surface area (Å²) in [5.41, 5.74) is 7.05. The van der Waals surface area contributed by atoms with Crippen molar-refractivity contribution in [3.05, 3.63) is 23.8 Å². The lowest BCUT2D eigenvalue weighted by Gasteiger charge is -2.17. The second-order valence-corrected chi connectivity index (χ2v) is 4.48. The minimum Gasteiger partial charge on any atom is -0.497 e. The maximum atomic E-state index is 11.8. The van der Waals surface area contributed by atoms with Crippen LogP contribution in [0, 0.1) is 0 Å². The zero-order valence-corrected chi connectivity index (χ0v) is 12.2. The molecule has 0 radical (unpaired) electrons. The highest BCUT2D eigenvalue weighted by Gasteiger charge is 2.10. The number of benzene rings is 1. The fourth-order valence-corrected chi connectivity index (χ4v) is 1.67. The van der Waals surface area contributed by atoms with Crippen molar-refractivity contribution in [2.45, 2.75) is 6.92 Å². The van der Waals surface area contributed by atoms with E-state index in [2.05, 4.69) is 5.32 Å². The van der Waals surface area contributed by atoms with E-state index in [-0.39, 0.29) is 17.4 Å². The maximum absolute atomic E-state index is 11.8. The second kappa shape index (κ2) is 6.94. The average Bonchev–Trinajstić information content (AvgIpc) is 2.43. The molecule has 0 saturated carbocycles. The molecule has 1 amide bonds. The van der Waals surface area contributed by atoms with Gasteiger partial charge in [-0.05, 0) is 19.1 Å². The van der Waals surface area contributed by atoms with Crippen LogP contribution in [-0.2, 0) is 4.79 Å². The van der Waals surface area contributed by atoms with E-state index < -0.39 is 0 Å². The maximum Gasteiger partial charge on any atom is 0.241 e. The van der Waals surface area contributed by atoms with Crippen molar-refractivity contribution in [1.29, 1.82) is 0 Å². The largest absolute Gasteiger partial charge is 0.497 e. The predicted octanol–water partition coefficient (Wildman–Crippen LogP) is 1.22. The van der Waals surface area contributed by atoms with Crippen LogP contribution in [0.5, 0.6) is 5.75 Å². The fraction of sp³-hybridized carbons (Fsp3) is 0.385. The molecular formula is C13H19N3O2S. The minimum absolute atomic E-state index is 0.000732. The van der Waals surface area contributed by atoms with E-state index in [0.29, 0.717) is 23.5 Å². The summed E-state index contributed by atoms with van der Waals surface area (Å²) in [6.45, 7) is 2.78. The van der Waals surface area contributed by atoms with Gasteiger partial charge >= 0.3 is 0 Å². The molecule has 0 saturated heterocycles. The zero-order chi connectivity index (χ0) is 14.4. The topological polar surface area (TPSA) is 67.6 Å². The number of likely N-dealkylation sites (N-methyl/N-ethyl adjacent to an activating group) is 1. The van der Waals surface area contributed by atoms with Gasteiger partial charge in [-0.2, -0.15) is 0 Å². The van der Waals surface area contributed by atoms with Crippen molar-refractivity contribution in [3.8, 4) is 5.75 Å². The van der Waals surface area contributed by atoms with Crippen molar-refractivity contribution < 1.29 is 9.53 Å². The van der Waals surface area contributed by atoms with E-state index in [1.165, 1.54) is 0 Å². The van der Waals surface area contributed by atoms with Gasteiger partial charge in [-0.1, -0.05) is 12.2 Å². The third kappa shape index (κ3) is 4.10. The molecule has 0 fully saturated rings. The molecule has 6 heteroatoms. The molecule has 0 spiro atoms. The van der Waals surface area contributed by atoms with Crippen molar-refractivity contribution in [2.24, 2.45) is 5.73 Å². The van der Waals surface area contributed by atoms with E-state index in [9.17, 15) is 4.79 Å². The average molecular weight is 281 g/mol. The summed E-state index contributed by atoms with van der Waals surface area (Å²) in [4.78, 5) is 13.7. The summed E-state index contributed by atoms with van der Waals surface area (Å²) in [6.07, 6.45) is 0. The van der Waals surface area contributed by atoms with Crippen LogP contribution >= 0.6 is 12.2 Å². The lowest BCUT2D eigenvalue weighted by Crippen LogP contribution is -2.32. The van der Waals surface area contributed by atoms with Gasteiger partial charge < -0.3 is 20.7 Å². The van der Waals surface area contributed by atoms with Crippen LogP contribution in [0.2, 0.25) is 0 Å². The molecule has 0 bridgehead atoms. The molecule has 0 unspecified atom stereocenters. The zero-order valence-electron chi connectivity index (χ0n) is 11.4. The van der Waals surface area contributed by atoms with E-state index in [4.69, 9.17) is 22.7 Å². The van der Waals surface area contributed by atoms with E-state index in [1.807, 2.05) is 6.92 Å². The Kier molecular flexibility index (Phi) is 5.57. The Labute approximate surface area is 118 Å². The number of hydrogen-bond donors (Lipinski definition) is 2. The summed E-state index contributed by atoms with van der Waals surface area (Å²) in [6, 6.07) is 5.32. The number of rotatable bonds is 6. The summed E-state index contributed by atoms with van der Waals surface area (Å²) < 4.78 is 5.15. The highest BCUT2D eigenvalue weighted by atomic mass is 32.1. The van der Waals surface area contributed by atoms with Crippen molar-refractivity contribution in [1.82, 2.24) is 4.90 Å². The molecule has 1 aromatic carbocycles. The van der Waals surface area contributed by atoms with E-state index in [1.54, 1.807) is 37.3 Å². The summed E-state index contributed by atoms with van der Waals surface area (Å²) in [5, 5.41) is 3.05. The van der Waals surface area contributed by atoms with Gasteiger partial charge in [0.2, 0.25) is 5.91 Å². The molecule has 1 rings (SSSR count). The number of thiocarbonyl (C=S) groups is 1. The smallest absolute Gasteiger partial charge is 0.241 e. The lowest BCUT2D eigenvalue weighted by molar-refractivity contribution is -0.127. The molecule has 104 valence electrons. The number of anilines is 1. The molecule has 3 N–H and O–H groups in total. The highest BCUT2D eigenvalue weighted by molar-refractivity contribution is 7.80. The first-order chi connectivity index (χ1) is 8.99. The summed E-state index contributed by atoms with van der Waals surface area (Å²) in [5.74, 6) is 0.679. The molecule has 0 aliphatic rings. The summed E-state index contributed by atoms with van der Waals surface area (Å²) in [7, 11) is 3.33. The monoisotopic (exact) mass is 281 g/mol. The van der Waals surface area contributed by atoms with Gasteiger partial charge in [0.15, 0.2) is 0 Å².